The van der Waals surface area contributed by atoms with E-state index in [1.165, 1.54) is 19.3 Å². The molecule has 0 aliphatic heterocycles. The van der Waals surface area contributed by atoms with Crippen molar-refractivity contribution in [2.45, 2.75) is 26.2 Å². The number of carbonyl (C=O) groups is 1. The van der Waals surface area contributed by atoms with Crippen molar-refractivity contribution in [1.82, 2.24) is 0 Å². The van der Waals surface area contributed by atoms with Gasteiger partial charge in [0.2, 0.25) is 0 Å². The van der Waals surface area contributed by atoms with Gasteiger partial charge >= 0.3 is 0 Å². The number of ketones is 1. The molecule has 0 saturated heterocycles. The van der Waals surface area contributed by atoms with Crippen LogP contribution in [0.1, 0.15) is 26.2 Å². The molecule has 0 unspecified atom stereocenters. The minimum Gasteiger partial charge on any atom is -0.299 e. The Morgan fingerprint density at radius 3 is 2.56 bits per heavy atom. The lowest BCUT2D eigenvalue weighted by molar-refractivity contribution is -0.125. The minimum atomic E-state index is 0.406. The molecular formula is C8H12O. The van der Waals surface area contributed by atoms with Crippen LogP contribution in [0.25, 0.3) is 0 Å². The van der Waals surface area contributed by atoms with Gasteiger partial charge < -0.3 is 0 Å². The summed E-state index contributed by atoms with van der Waals surface area (Å²) in [6, 6.07) is 0. The lowest BCUT2D eigenvalue weighted by atomic mass is 9.89. The van der Waals surface area contributed by atoms with Crippen molar-refractivity contribution < 1.29 is 4.79 Å². The van der Waals surface area contributed by atoms with E-state index in [2.05, 4.69) is 6.92 Å². The maximum atomic E-state index is 11.2. The summed E-state index contributed by atoms with van der Waals surface area (Å²) in [6.45, 7) is 2.09. The molecule has 2 aliphatic rings. The highest BCUT2D eigenvalue weighted by Crippen LogP contribution is 2.45. The lowest BCUT2D eigenvalue weighted by Crippen LogP contribution is -2.18. The molecular weight excluding hydrogens is 112 g/mol. The molecule has 2 rings (SSSR count). The van der Waals surface area contributed by atoms with E-state index in [1.54, 1.807) is 0 Å². The van der Waals surface area contributed by atoms with Crippen LogP contribution in [0.3, 0.4) is 0 Å². The third-order valence-electron chi connectivity index (χ3n) is 3.03. The highest BCUT2D eigenvalue weighted by atomic mass is 16.1. The van der Waals surface area contributed by atoms with Gasteiger partial charge in [0, 0.05) is 11.8 Å². The van der Waals surface area contributed by atoms with Crippen molar-refractivity contribution in [3.05, 3.63) is 0 Å². The first-order valence-electron chi connectivity index (χ1n) is 3.83. The van der Waals surface area contributed by atoms with Crippen molar-refractivity contribution in [2.24, 2.45) is 17.8 Å². The first kappa shape index (κ1) is 5.45. The molecule has 3 atom stereocenters. The maximum Gasteiger partial charge on any atom is 0.139 e. The quantitative estimate of drug-likeness (QED) is 0.479. The van der Waals surface area contributed by atoms with Crippen LogP contribution in [0, 0.1) is 17.8 Å². The molecule has 2 aliphatic carbocycles. The molecule has 2 saturated carbocycles. The summed E-state index contributed by atoms with van der Waals surface area (Å²) in [5, 5.41) is 0. The topological polar surface area (TPSA) is 17.1 Å². The lowest BCUT2D eigenvalue weighted by Gasteiger charge is -2.14. The largest absolute Gasteiger partial charge is 0.299 e. The zero-order valence-electron chi connectivity index (χ0n) is 5.76. The first-order valence-corrected chi connectivity index (χ1v) is 3.83. The normalized spacial score (nSPS) is 48.6. The fourth-order valence-corrected chi connectivity index (χ4v) is 2.33. The highest BCUT2D eigenvalue weighted by Gasteiger charge is 2.43. The second-order valence-electron chi connectivity index (χ2n) is 3.46. The van der Waals surface area contributed by atoms with Gasteiger partial charge in [-0.3, -0.25) is 4.79 Å². The number of Topliss-reactive ketones (excluding diaryl/α,β-unsaturated/α-hetero) is 1. The third-order valence-corrected chi connectivity index (χ3v) is 3.03. The van der Waals surface area contributed by atoms with Gasteiger partial charge in [-0.05, 0) is 25.2 Å². The Bertz CT molecular complexity index is 147. The fraction of sp³-hybridized carbons (Fsp3) is 0.875. The SMILES string of the molecule is C[C@@H]1C(=O)[C@@H]2CC[C@H]1C2. The molecule has 0 N–H and O–H groups in total. The van der Waals surface area contributed by atoms with E-state index in [-0.39, 0.29) is 0 Å². The smallest absolute Gasteiger partial charge is 0.139 e. The average Bonchev–Trinajstić information content (AvgIpc) is 2.37. The van der Waals surface area contributed by atoms with Gasteiger partial charge in [-0.2, -0.15) is 0 Å². The molecule has 9 heavy (non-hydrogen) atoms. The van der Waals surface area contributed by atoms with Gasteiger partial charge in [-0.25, -0.2) is 0 Å². The van der Waals surface area contributed by atoms with Gasteiger partial charge in [0.1, 0.15) is 5.78 Å². The molecule has 1 heteroatoms. The van der Waals surface area contributed by atoms with Gasteiger partial charge in [-0.1, -0.05) is 6.92 Å². The standard InChI is InChI=1S/C8H12O/c1-5-6-2-3-7(4-6)8(5)9/h5-7H,2-4H2,1H3/t5-,6-,7+/m0/s1. The van der Waals surface area contributed by atoms with Crippen LogP contribution in [0.4, 0.5) is 0 Å². The zero-order valence-corrected chi connectivity index (χ0v) is 5.76. The Morgan fingerprint density at radius 1 is 1.44 bits per heavy atom. The Morgan fingerprint density at radius 2 is 2.22 bits per heavy atom. The van der Waals surface area contributed by atoms with E-state index >= 15 is 0 Å². The molecule has 0 heterocycles. The second-order valence-corrected chi connectivity index (χ2v) is 3.46. The second kappa shape index (κ2) is 1.59. The minimum absolute atomic E-state index is 0.406. The van der Waals surface area contributed by atoms with Crippen LogP contribution in [0.2, 0.25) is 0 Å². The van der Waals surface area contributed by atoms with Crippen molar-refractivity contribution in [3.63, 3.8) is 0 Å². The Labute approximate surface area is 55.4 Å². The molecule has 50 valence electrons. The van der Waals surface area contributed by atoms with Gasteiger partial charge in [0.05, 0.1) is 0 Å². The monoisotopic (exact) mass is 124 g/mol. The molecule has 0 aromatic rings. The summed E-state index contributed by atoms with van der Waals surface area (Å²) in [5.41, 5.74) is 0. The predicted octanol–water partition coefficient (Wildman–Crippen LogP) is 1.62. The molecule has 1 nitrogen and oxygen atoms in total. The molecule has 0 aromatic heterocycles. The van der Waals surface area contributed by atoms with Crippen LogP contribution in [-0.4, -0.2) is 5.78 Å². The summed E-state index contributed by atoms with van der Waals surface area (Å²) in [7, 11) is 0. The molecule has 2 fully saturated rings. The Balaban J connectivity index is 2.25. The van der Waals surface area contributed by atoms with Crippen molar-refractivity contribution >= 4 is 5.78 Å². The van der Waals surface area contributed by atoms with E-state index in [4.69, 9.17) is 0 Å². The number of fused-ring (bicyclic) bond motifs is 2. The summed E-state index contributed by atoms with van der Waals surface area (Å²) in [4.78, 5) is 11.2. The predicted molar refractivity (Wildman–Crippen MR) is 35.0 cm³/mol. The van der Waals surface area contributed by atoms with E-state index in [0.29, 0.717) is 17.6 Å². The van der Waals surface area contributed by atoms with E-state index < -0.39 is 0 Å². The van der Waals surface area contributed by atoms with Crippen molar-refractivity contribution in [2.75, 3.05) is 0 Å². The van der Waals surface area contributed by atoms with Crippen LogP contribution >= 0.6 is 0 Å². The molecule has 0 amide bonds. The molecule has 2 bridgehead atoms. The maximum absolute atomic E-state index is 11.2. The van der Waals surface area contributed by atoms with Gasteiger partial charge in [0.25, 0.3) is 0 Å². The van der Waals surface area contributed by atoms with E-state index in [1.807, 2.05) is 0 Å². The van der Waals surface area contributed by atoms with Crippen molar-refractivity contribution in [1.29, 1.82) is 0 Å². The number of hydrogen-bond acceptors (Lipinski definition) is 1. The summed E-state index contributed by atoms with van der Waals surface area (Å²) < 4.78 is 0. The highest BCUT2D eigenvalue weighted by molar-refractivity contribution is 5.86. The van der Waals surface area contributed by atoms with Gasteiger partial charge in [0.15, 0.2) is 0 Å². The third kappa shape index (κ3) is 0.577. The fourth-order valence-electron chi connectivity index (χ4n) is 2.33. The molecule has 0 spiro atoms. The number of hydrogen-bond donors (Lipinski definition) is 0. The van der Waals surface area contributed by atoms with Crippen LogP contribution in [0.15, 0.2) is 0 Å². The first-order chi connectivity index (χ1) is 4.29. The van der Waals surface area contributed by atoms with E-state index in [0.717, 1.165) is 5.92 Å². The number of carbonyl (C=O) groups excluding carboxylic acids is 1. The van der Waals surface area contributed by atoms with E-state index in [9.17, 15) is 4.79 Å². The summed E-state index contributed by atoms with van der Waals surface area (Å²) >= 11 is 0. The van der Waals surface area contributed by atoms with Crippen LogP contribution in [0.5, 0.6) is 0 Å². The molecule has 0 aromatic carbocycles. The Hall–Kier alpha value is -0.330. The summed E-state index contributed by atoms with van der Waals surface area (Å²) in [5.74, 6) is 2.20. The molecule has 0 radical (unpaired) electrons. The van der Waals surface area contributed by atoms with Crippen molar-refractivity contribution in [3.8, 4) is 0 Å². The Kier molecular flexibility index (Phi) is 0.961. The average molecular weight is 124 g/mol. The zero-order chi connectivity index (χ0) is 6.43. The summed E-state index contributed by atoms with van der Waals surface area (Å²) in [6.07, 6.45) is 3.71. The number of rotatable bonds is 0. The van der Waals surface area contributed by atoms with Crippen LogP contribution in [-0.2, 0) is 4.79 Å². The van der Waals surface area contributed by atoms with Crippen LogP contribution < -0.4 is 0 Å². The van der Waals surface area contributed by atoms with Gasteiger partial charge in [-0.15, -0.1) is 0 Å².